The van der Waals surface area contributed by atoms with E-state index in [-0.39, 0.29) is 11.8 Å². The molecule has 1 N–H and O–H groups in total. The maximum Gasteiger partial charge on any atom is 0.225 e. The Kier molecular flexibility index (Phi) is 4.15. The quantitative estimate of drug-likeness (QED) is 0.879. The summed E-state index contributed by atoms with van der Waals surface area (Å²) in [5.41, 5.74) is 2.61. The van der Waals surface area contributed by atoms with E-state index >= 15 is 0 Å². The molecule has 22 heavy (non-hydrogen) atoms. The number of ketones is 1. The van der Waals surface area contributed by atoms with Crippen LogP contribution in [0.2, 0.25) is 0 Å². The smallest absolute Gasteiger partial charge is 0.225 e. The van der Waals surface area contributed by atoms with Crippen LogP contribution >= 0.6 is 0 Å². The van der Waals surface area contributed by atoms with Crippen LogP contribution in [0.3, 0.4) is 0 Å². The van der Waals surface area contributed by atoms with Gasteiger partial charge in [0.25, 0.3) is 0 Å². The average Bonchev–Trinajstić information content (AvgIpc) is 2.55. The van der Waals surface area contributed by atoms with Crippen LogP contribution < -0.4 is 10.2 Å². The summed E-state index contributed by atoms with van der Waals surface area (Å²) in [4.78, 5) is 22.6. The molecular weight excluding hydrogens is 276 g/mol. The first-order chi connectivity index (χ1) is 10.6. The predicted octanol–water partition coefficient (Wildman–Crippen LogP) is 2.14. The predicted molar refractivity (Wildman–Crippen MR) is 86.2 cm³/mol. The Labute approximate surface area is 130 Å². The van der Waals surface area contributed by atoms with E-state index in [0.717, 1.165) is 25.3 Å². The van der Waals surface area contributed by atoms with Gasteiger partial charge in [-0.2, -0.15) is 0 Å². The molecule has 5 heteroatoms. The van der Waals surface area contributed by atoms with Crippen LogP contribution in [0.25, 0.3) is 0 Å². The molecule has 1 aromatic carbocycles. The lowest BCUT2D eigenvalue weighted by molar-refractivity contribution is 0.101. The van der Waals surface area contributed by atoms with Crippen LogP contribution in [0.15, 0.2) is 36.5 Å². The van der Waals surface area contributed by atoms with E-state index < -0.39 is 0 Å². The largest absolute Gasteiger partial charge is 0.338 e. The van der Waals surface area contributed by atoms with Crippen molar-refractivity contribution in [2.75, 3.05) is 24.5 Å². The van der Waals surface area contributed by atoms with Gasteiger partial charge in [0.05, 0.1) is 11.3 Å². The lowest BCUT2D eigenvalue weighted by Gasteiger charge is -2.34. The minimum atomic E-state index is 0.00604. The normalized spacial score (nSPS) is 18.3. The Balaban J connectivity index is 1.80. The molecule has 0 radical (unpaired) electrons. The fourth-order valence-electron chi connectivity index (χ4n) is 2.79. The first-order valence-electron chi connectivity index (χ1n) is 7.53. The summed E-state index contributed by atoms with van der Waals surface area (Å²) in [7, 11) is 0. The molecule has 1 saturated heterocycles. The summed E-state index contributed by atoms with van der Waals surface area (Å²) in [5.74, 6) is 0.705. The second-order valence-corrected chi connectivity index (χ2v) is 5.59. The maximum absolute atomic E-state index is 11.5. The number of nitrogens with zero attached hydrogens (tertiary/aromatic N) is 3. The third-order valence-electron chi connectivity index (χ3n) is 4.01. The first-order valence-corrected chi connectivity index (χ1v) is 7.53. The number of rotatable bonds is 3. The van der Waals surface area contributed by atoms with Crippen LogP contribution in [0.4, 0.5) is 5.95 Å². The van der Waals surface area contributed by atoms with Crippen molar-refractivity contribution < 1.29 is 4.79 Å². The molecule has 5 nitrogen and oxygen atoms in total. The van der Waals surface area contributed by atoms with Crippen LogP contribution in [-0.2, 0) is 0 Å². The van der Waals surface area contributed by atoms with Crippen molar-refractivity contribution in [3.63, 3.8) is 0 Å². The van der Waals surface area contributed by atoms with Crippen LogP contribution in [0.1, 0.15) is 34.6 Å². The molecule has 2 aromatic rings. The van der Waals surface area contributed by atoms with Crippen molar-refractivity contribution in [2.45, 2.75) is 19.9 Å². The molecule has 114 valence electrons. The number of Topliss-reactive ketones (excluding diaryl/α,β-unsaturated/α-hetero) is 1. The molecule has 2 heterocycles. The van der Waals surface area contributed by atoms with Gasteiger partial charge in [-0.15, -0.1) is 0 Å². The number of nitrogens with one attached hydrogen (secondary N) is 1. The van der Waals surface area contributed by atoms with Crippen molar-refractivity contribution in [1.29, 1.82) is 0 Å². The molecular formula is C17H20N4O. The van der Waals surface area contributed by atoms with Crippen LogP contribution in [-0.4, -0.2) is 35.4 Å². The van der Waals surface area contributed by atoms with Crippen molar-refractivity contribution >= 4 is 11.7 Å². The number of piperazine rings is 1. The second kappa shape index (κ2) is 6.23. The third kappa shape index (κ3) is 2.99. The van der Waals surface area contributed by atoms with Gasteiger partial charge < -0.3 is 10.2 Å². The summed E-state index contributed by atoms with van der Waals surface area (Å²) in [6, 6.07) is 10.7. The highest BCUT2D eigenvalue weighted by Crippen LogP contribution is 2.20. The van der Waals surface area contributed by atoms with Gasteiger partial charge in [-0.1, -0.05) is 30.3 Å². The lowest BCUT2D eigenvalue weighted by Crippen LogP contribution is -2.46. The zero-order valence-corrected chi connectivity index (χ0v) is 12.9. The molecule has 0 bridgehead atoms. The third-order valence-corrected chi connectivity index (χ3v) is 4.01. The Morgan fingerprint density at radius 1 is 1.32 bits per heavy atom. The number of hydrogen-bond donors (Lipinski definition) is 1. The van der Waals surface area contributed by atoms with Gasteiger partial charge in [0.2, 0.25) is 5.95 Å². The molecule has 0 unspecified atom stereocenters. The van der Waals surface area contributed by atoms with E-state index in [2.05, 4.69) is 44.5 Å². The zero-order chi connectivity index (χ0) is 15.5. The van der Waals surface area contributed by atoms with Crippen molar-refractivity contribution in [3.8, 4) is 0 Å². The van der Waals surface area contributed by atoms with Gasteiger partial charge in [-0.25, -0.2) is 9.97 Å². The molecule has 1 atom stereocenters. The molecule has 1 fully saturated rings. The average molecular weight is 296 g/mol. The number of anilines is 1. The molecule has 0 spiro atoms. The molecule has 1 aliphatic rings. The summed E-state index contributed by atoms with van der Waals surface area (Å²) in [6.45, 7) is 5.97. The van der Waals surface area contributed by atoms with E-state index in [1.807, 2.05) is 13.0 Å². The summed E-state index contributed by atoms with van der Waals surface area (Å²) >= 11 is 0. The number of benzene rings is 1. The van der Waals surface area contributed by atoms with E-state index in [1.54, 1.807) is 13.1 Å². The topological polar surface area (TPSA) is 58.1 Å². The Morgan fingerprint density at radius 2 is 2.09 bits per heavy atom. The number of carbonyl (C=O) groups is 1. The highest BCUT2D eigenvalue weighted by atomic mass is 16.1. The SMILES string of the molecule is CC(=O)c1cnc(N2CCN[C@H](c3ccccc3)C2)nc1C. The zero-order valence-electron chi connectivity index (χ0n) is 12.9. The highest BCUT2D eigenvalue weighted by Gasteiger charge is 2.23. The van der Waals surface area contributed by atoms with Crippen LogP contribution in [0, 0.1) is 6.92 Å². The minimum absolute atomic E-state index is 0.00604. The highest BCUT2D eigenvalue weighted by molar-refractivity contribution is 5.94. The van der Waals surface area contributed by atoms with E-state index in [0.29, 0.717) is 11.5 Å². The van der Waals surface area contributed by atoms with Crippen molar-refractivity contribution in [3.05, 3.63) is 53.3 Å². The molecule has 0 aliphatic carbocycles. The van der Waals surface area contributed by atoms with Crippen molar-refractivity contribution in [2.24, 2.45) is 0 Å². The van der Waals surface area contributed by atoms with E-state index in [4.69, 9.17) is 0 Å². The summed E-state index contributed by atoms with van der Waals surface area (Å²) < 4.78 is 0. The lowest BCUT2D eigenvalue weighted by atomic mass is 10.0. The van der Waals surface area contributed by atoms with E-state index in [9.17, 15) is 4.79 Å². The molecule has 1 aliphatic heterocycles. The Bertz CT molecular complexity index is 672. The van der Waals surface area contributed by atoms with E-state index in [1.165, 1.54) is 5.56 Å². The Hall–Kier alpha value is -2.27. The van der Waals surface area contributed by atoms with Gasteiger partial charge in [0.15, 0.2) is 5.78 Å². The van der Waals surface area contributed by atoms with Crippen LogP contribution in [0.5, 0.6) is 0 Å². The second-order valence-electron chi connectivity index (χ2n) is 5.59. The summed E-state index contributed by atoms with van der Waals surface area (Å²) in [6.07, 6.45) is 1.64. The number of hydrogen-bond acceptors (Lipinski definition) is 5. The monoisotopic (exact) mass is 296 g/mol. The standard InChI is InChI=1S/C17H20N4O/c1-12-15(13(2)22)10-19-17(20-12)21-9-8-18-16(11-21)14-6-4-3-5-7-14/h3-7,10,16,18H,8-9,11H2,1-2H3/t16-/m0/s1. The Morgan fingerprint density at radius 3 is 2.77 bits per heavy atom. The molecule has 3 rings (SSSR count). The summed E-state index contributed by atoms with van der Waals surface area (Å²) in [5, 5.41) is 3.53. The van der Waals surface area contributed by atoms with Crippen molar-refractivity contribution in [1.82, 2.24) is 15.3 Å². The maximum atomic E-state index is 11.5. The van der Waals surface area contributed by atoms with Gasteiger partial charge in [-0.3, -0.25) is 4.79 Å². The fraction of sp³-hybridized carbons (Fsp3) is 0.353. The number of aryl methyl sites for hydroxylation is 1. The number of aromatic nitrogens is 2. The first kappa shape index (κ1) is 14.7. The molecule has 0 amide bonds. The molecule has 1 aromatic heterocycles. The van der Waals surface area contributed by atoms with Gasteiger partial charge in [-0.05, 0) is 19.4 Å². The molecule has 0 saturated carbocycles. The minimum Gasteiger partial charge on any atom is -0.338 e. The van der Waals surface area contributed by atoms with Gasteiger partial charge in [0.1, 0.15) is 0 Å². The van der Waals surface area contributed by atoms with Gasteiger partial charge >= 0.3 is 0 Å². The fourth-order valence-corrected chi connectivity index (χ4v) is 2.79. The number of carbonyl (C=O) groups excluding carboxylic acids is 1. The van der Waals surface area contributed by atoms with Gasteiger partial charge in [0, 0.05) is 31.9 Å².